The summed E-state index contributed by atoms with van der Waals surface area (Å²) in [4.78, 5) is 0. The molecular formula is C8H18N2S. The highest BCUT2D eigenvalue weighted by Gasteiger charge is 2.03. The Bertz CT molecular complexity index is 115. The maximum absolute atomic E-state index is 5.76. The highest BCUT2D eigenvalue weighted by Crippen LogP contribution is 1.98. The van der Waals surface area contributed by atoms with E-state index in [-0.39, 0.29) is 6.04 Å². The SMILES string of the molecule is C=C(NCCC)C(N)CCS. The van der Waals surface area contributed by atoms with Crippen molar-refractivity contribution in [3.05, 3.63) is 12.3 Å². The first kappa shape index (κ1) is 10.8. The summed E-state index contributed by atoms with van der Waals surface area (Å²) in [5, 5.41) is 3.16. The van der Waals surface area contributed by atoms with Crippen LogP contribution in [0.15, 0.2) is 12.3 Å². The number of nitrogens with one attached hydrogen (secondary N) is 1. The molecule has 0 bridgehead atoms. The number of thiol groups is 1. The molecule has 2 nitrogen and oxygen atoms in total. The molecule has 66 valence electrons. The molecule has 0 aliphatic heterocycles. The Morgan fingerprint density at radius 1 is 1.73 bits per heavy atom. The van der Waals surface area contributed by atoms with Crippen molar-refractivity contribution >= 4 is 12.6 Å². The maximum Gasteiger partial charge on any atom is 0.0446 e. The molecule has 0 spiro atoms. The zero-order valence-electron chi connectivity index (χ0n) is 7.14. The lowest BCUT2D eigenvalue weighted by molar-refractivity contribution is 0.652. The van der Waals surface area contributed by atoms with Crippen LogP contribution in [0.2, 0.25) is 0 Å². The number of hydrogen-bond acceptors (Lipinski definition) is 3. The zero-order valence-corrected chi connectivity index (χ0v) is 8.03. The average Bonchev–Trinajstić information content (AvgIpc) is 2.00. The molecule has 1 unspecified atom stereocenters. The molecule has 0 aliphatic carbocycles. The van der Waals surface area contributed by atoms with Gasteiger partial charge in [0.25, 0.3) is 0 Å². The van der Waals surface area contributed by atoms with E-state index in [2.05, 4.69) is 31.4 Å². The van der Waals surface area contributed by atoms with Gasteiger partial charge in [-0.05, 0) is 18.6 Å². The lowest BCUT2D eigenvalue weighted by atomic mass is 10.2. The molecule has 1 atom stereocenters. The van der Waals surface area contributed by atoms with Gasteiger partial charge >= 0.3 is 0 Å². The van der Waals surface area contributed by atoms with Gasteiger partial charge in [-0.25, -0.2) is 0 Å². The fourth-order valence-corrected chi connectivity index (χ4v) is 1.01. The second-order valence-corrected chi connectivity index (χ2v) is 3.02. The van der Waals surface area contributed by atoms with Crippen molar-refractivity contribution in [1.29, 1.82) is 0 Å². The molecule has 0 radical (unpaired) electrons. The Kier molecular flexibility index (Phi) is 6.46. The fraction of sp³-hybridized carbons (Fsp3) is 0.750. The van der Waals surface area contributed by atoms with Gasteiger partial charge in [-0.15, -0.1) is 0 Å². The fourth-order valence-electron chi connectivity index (χ4n) is 0.730. The Balaban J connectivity index is 3.47. The predicted molar refractivity (Wildman–Crippen MR) is 53.9 cm³/mol. The van der Waals surface area contributed by atoms with Gasteiger partial charge in [-0.3, -0.25) is 0 Å². The summed E-state index contributed by atoms with van der Waals surface area (Å²) in [7, 11) is 0. The third-order valence-electron chi connectivity index (χ3n) is 1.49. The maximum atomic E-state index is 5.76. The molecule has 0 aromatic rings. The summed E-state index contributed by atoms with van der Waals surface area (Å²) in [5.74, 6) is 0.813. The summed E-state index contributed by atoms with van der Waals surface area (Å²) in [6, 6.07) is 0.0547. The van der Waals surface area contributed by atoms with Gasteiger partial charge in [-0.1, -0.05) is 13.5 Å². The zero-order chi connectivity index (χ0) is 8.69. The monoisotopic (exact) mass is 174 g/mol. The van der Waals surface area contributed by atoms with E-state index in [1.165, 1.54) is 0 Å². The third-order valence-corrected chi connectivity index (χ3v) is 1.75. The molecule has 0 saturated carbocycles. The molecule has 0 saturated heterocycles. The first-order valence-corrected chi connectivity index (χ1v) is 4.64. The Morgan fingerprint density at radius 2 is 2.36 bits per heavy atom. The normalized spacial score (nSPS) is 12.6. The summed E-state index contributed by atoms with van der Waals surface area (Å²) in [6.07, 6.45) is 1.99. The minimum Gasteiger partial charge on any atom is -0.388 e. The molecule has 0 rings (SSSR count). The van der Waals surface area contributed by atoms with Crippen LogP contribution in [0.1, 0.15) is 19.8 Å². The van der Waals surface area contributed by atoms with E-state index in [9.17, 15) is 0 Å². The highest BCUT2D eigenvalue weighted by atomic mass is 32.1. The molecule has 11 heavy (non-hydrogen) atoms. The van der Waals surface area contributed by atoms with Crippen molar-refractivity contribution in [1.82, 2.24) is 5.32 Å². The van der Waals surface area contributed by atoms with Crippen LogP contribution in [0.5, 0.6) is 0 Å². The molecule has 0 aromatic heterocycles. The largest absolute Gasteiger partial charge is 0.388 e. The van der Waals surface area contributed by atoms with Crippen molar-refractivity contribution in [3.8, 4) is 0 Å². The van der Waals surface area contributed by atoms with Crippen molar-refractivity contribution in [2.24, 2.45) is 5.73 Å². The third kappa shape index (κ3) is 5.16. The van der Waals surface area contributed by atoms with Gasteiger partial charge in [-0.2, -0.15) is 12.6 Å². The Morgan fingerprint density at radius 3 is 2.82 bits per heavy atom. The molecule has 0 aliphatic rings. The smallest absolute Gasteiger partial charge is 0.0446 e. The van der Waals surface area contributed by atoms with E-state index in [0.29, 0.717) is 0 Å². The van der Waals surface area contributed by atoms with Crippen LogP contribution in [-0.2, 0) is 0 Å². The molecular weight excluding hydrogens is 156 g/mol. The summed E-state index contributed by atoms with van der Waals surface area (Å²) in [5.41, 5.74) is 6.69. The van der Waals surface area contributed by atoms with E-state index in [4.69, 9.17) is 5.73 Å². The standard InChI is InChI=1S/C8H18N2S/c1-3-5-10-7(2)8(9)4-6-11/h8,10-11H,2-6,9H2,1H3. The van der Waals surface area contributed by atoms with Crippen LogP contribution in [0.25, 0.3) is 0 Å². The van der Waals surface area contributed by atoms with Gasteiger partial charge in [0.15, 0.2) is 0 Å². The second kappa shape index (κ2) is 6.55. The van der Waals surface area contributed by atoms with Gasteiger partial charge in [0, 0.05) is 18.3 Å². The van der Waals surface area contributed by atoms with Crippen LogP contribution in [-0.4, -0.2) is 18.3 Å². The van der Waals surface area contributed by atoms with Gasteiger partial charge in [0.05, 0.1) is 0 Å². The average molecular weight is 174 g/mol. The molecule has 3 N–H and O–H groups in total. The molecule has 0 aromatic carbocycles. The van der Waals surface area contributed by atoms with Crippen molar-refractivity contribution in [2.75, 3.05) is 12.3 Å². The second-order valence-electron chi connectivity index (χ2n) is 2.57. The highest BCUT2D eigenvalue weighted by molar-refractivity contribution is 7.80. The van der Waals surface area contributed by atoms with Gasteiger partial charge in [0.2, 0.25) is 0 Å². The van der Waals surface area contributed by atoms with Crippen LogP contribution in [0.3, 0.4) is 0 Å². The Hall–Kier alpha value is -0.150. The van der Waals surface area contributed by atoms with Crippen molar-refractivity contribution in [3.63, 3.8) is 0 Å². The summed E-state index contributed by atoms with van der Waals surface area (Å²) < 4.78 is 0. The number of hydrogen-bond donors (Lipinski definition) is 3. The first-order valence-electron chi connectivity index (χ1n) is 4.01. The number of rotatable bonds is 6. The van der Waals surface area contributed by atoms with Crippen molar-refractivity contribution in [2.45, 2.75) is 25.8 Å². The first-order chi connectivity index (χ1) is 5.22. The van der Waals surface area contributed by atoms with E-state index < -0.39 is 0 Å². The van der Waals surface area contributed by atoms with E-state index in [0.717, 1.165) is 30.8 Å². The minimum absolute atomic E-state index is 0.0547. The van der Waals surface area contributed by atoms with Crippen LogP contribution < -0.4 is 11.1 Å². The number of nitrogens with two attached hydrogens (primary N) is 1. The summed E-state index contributed by atoms with van der Waals surface area (Å²) in [6.45, 7) is 6.91. The lowest BCUT2D eigenvalue weighted by Crippen LogP contribution is -2.31. The van der Waals surface area contributed by atoms with E-state index >= 15 is 0 Å². The molecule has 3 heteroatoms. The quantitative estimate of drug-likeness (QED) is 0.528. The summed E-state index contributed by atoms with van der Waals surface area (Å²) >= 11 is 4.10. The van der Waals surface area contributed by atoms with Crippen LogP contribution >= 0.6 is 12.6 Å². The van der Waals surface area contributed by atoms with Crippen molar-refractivity contribution < 1.29 is 0 Å². The van der Waals surface area contributed by atoms with Crippen LogP contribution in [0.4, 0.5) is 0 Å². The topological polar surface area (TPSA) is 38.0 Å². The molecule has 0 amide bonds. The van der Waals surface area contributed by atoms with E-state index in [1.54, 1.807) is 0 Å². The molecule has 0 heterocycles. The molecule has 0 fully saturated rings. The van der Waals surface area contributed by atoms with Crippen LogP contribution in [0, 0.1) is 0 Å². The predicted octanol–water partition coefficient (Wildman–Crippen LogP) is 1.15. The van der Waals surface area contributed by atoms with E-state index in [1.807, 2.05) is 0 Å². The Labute approximate surface area is 74.6 Å². The van der Waals surface area contributed by atoms with Gasteiger partial charge < -0.3 is 11.1 Å². The lowest BCUT2D eigenvalue weighted by Gasteiger charge is -2.14. The minimum atomic E-state index is 0.0547. The van der Waals surface area contributed by atoms with Gasteiger partial charge in [0.1, 0.15) is 0 Å².